The maximum Gasteiger partial charge on any atom is 0.238 e. The number of benzene rings is 1. The van der Waals surface area contributed by atoms with E-state index >= 15 is 0 Å². The molecule has 1 heterocycles. The van der Waals surface area contributed by atoms with Gasteiger partial charge in [0.15, 0.2) is 0 Å². The van der Waals surface area contributed by atoms with Crippen LogP contribution in [0.4, 0.5) is 10.1 Å². The van der Waals surface area contributed by atoms with Crippen LogP contribution in [0.25, 0.3) is 0 Å². The molecule has 1 aromatic carbocycles. The van der Waals surface area contributed by atoms with Gasteiger partial charge in [-0.25, -0.2) is 4.39 Å². The van der Waals surface area contributed by atoms with Crippen LogP contribution < -0.4 is 10.6 Å². The SMILES string of the molecule is O=C(CN1CCCNCC1)Nc1ccccc1F. The number of anilines is 1. The number of hydrogen-bond acceptors (Lipinski definition) is 3. The lowest BCUT2D eigenvalue weighted by molar-refractivity contribution is -0.117. The molecule has 0 radical (unpaired) electrons. The molecule has 5 heteroatoms. The molecule has 1 aliphatic rings. The number of rotatable bonds is 3. The summed E-state index contributed by atoms with van der Waals surface area (Å²) in [5, 5.41) is 5.88. The third kappa shape index (κ3) is 3.78. The van der Waals surface area contributed by atoms with Crippen LogP contribution in [0.15, 0.2) is 24.3 Å². The van der Waals surface area contributed by atoms with Gasteiger partial charge in [0.25, 0.3) is 0 Å². The minimum absolute atomic E-state index is 0.165. The van der Waals surface area contributed by atoms with E-state index in [1.165, 1.54) is 6.07 Å². The zero-order chi connectivity index (χ0) is 12.8. The van der Waals surface area contributed by atoms with Crippen LogP contribution in [0.5, 0.6) is 0 Å². The molecule has 0 unspecified atom stereocenters. The lowest BCUT2D eigenvalue weighted by Crippen LogP contribution is -2.35. The van der Waals surface area contributed by atoms with Crippen molar-refractivity contribution >= 4 is 11.6 Å². The normalized spacial score (nSPS) is 17.2. The smallest absolute Gasteiger partial charge is 0.238 e. The molecule has 0 aliphatic carbocycles. The summed E-state index contributed by atoms with van der Waals surface area (Å²) in [6.45, 7) is 3.96. The Bertz CT molecular complexity index is 403. The molecule has 1 aromatic rings. The Kier molecular flexibility index (Phi) is 4.66. The van der Waals surface area contributed by atoms with E-state index in [4.69, 9.17) is 0 Å². The Balaban J connectivity index is 1.86. The van der Waals surface area contributed by atoms with Crippen molar-refractivity contribution in [3.05, 3.63) is 30.1 Å². The maximum absolute atomic E-state index is 13.4. The largest absolute Gasteiger partial charge is 0.322 e. The zero-order valence-corrected chi connectivity index (χ0v) is 10.3. The third-order valence-electron chi connectivity index (χ3n) is 2.95. The fraction of sp³-hybridized carbons (Fsp3) is 0.462. The minimum atomic E-state index is -0.400. The average Bonchev–Trinajstić information content (AvgIpc) is 2.61. The molecule has 1 aliphatic heterocycles. The lowest BCUT2D eigenvalue weighted by atomic mass is 10.3. The van der Waals surface area contributed by atoms with E-state index in [1.807, 2.05) is 0 Å². The fourth-order valence-electron chi connectivity index (χ4n) is 2.02. The highest BCUT2D eigenvalue weighted by Crippen LogP contribution is 2.12. The summed E-state index contributed by atoms with van der Waals surface area (Å²) in [5.41, 5.74) is 0.246. The average molecular weight is 251 g/mol. The summed E-state index contributed by atoms with van der Waals surface area (Å²) in [5.74, 6) is -0.564. The van der Waals surface area contributed by atoms with Gasteiger partial charge in [-0.15, -0.1) is 0 Å². The molecule has 1 amide bonds. The summed E-state index contributed by atoms with van der Waals surface area (Å²) < 4.78 is 13.4. The predicted octanol–water partition coefficient (Wildman–Crippen LogP) is 1.06. The second kappa shape index (κ2) is 6.47. The van der Waals surface area contributed by atoms with Gasteiger partial charge < -0.3 is 10.6 Å². The number of nitrogens with zero attached hydrogens (tertiary/aromatic N) is 1. The van der Waals surface area contributed by atoms with Gasteiger partial charge in [-0.2, -0.15) is 0 Å². The van der Waals surface area contributed by atoms with E-state index in [-0.39, 0.29) is 11.6 Å². The first-order chi connectivity index (χ1) is 8.75. The molecule has 0 spiro atoms. The van der Waals surface area contributed by atoms with Crippen LogP contribution in [-0.4, -0.2) is 43.5 Å². The Labute approximate surface area is 106 Å². The van der Waals surface area contributed by atoms with Crippen molar-refractivity contribution < 1.29 is 9.18 Å². The molecular formula is C13H18FN3O. The molecule has 0 atom stereocenters. The first kappa shape index (κ1) is 13.0. The van der Waals surface area contributed by atoms with Crippen molar-refractivity contribution in [2.75, 3.05) is 38.0 Å². The third-order valence-corrected chi connectivity index (χ3v) is 2.95. The van der Waals surface area contributed by atoms with E-state index in [1.54, 1.807) is 18.2 Å². The Morgan fingerprint density at radius 1 is 1.33 bits per heavy atom. The van der Waals surface area contributed by atoms with Crippen molar-refractivity contribution in [1.82, 2.24) is 10.2 Å². The number of nitrogens with one attached hydrogen (secondary N) is 2. The van der Waals surface area contributed by atoms with Crippen LogP contribution in [-0.2, 0) is 4.79 Å². The molecule has 4 nitrogen and oxygen atoms in total. The number of carbonyl (C=O) groups excluding carboxylic acids is 1. The van der Waals surface area contributed by atoms with Gasteiger partial charge in [0.2, 0.25) is 5.91 Å². The molecule has 0 aromatic heterocycles. The van der Waals surface area contributed by atoms with Crippen LogP contribution >= 0.6 is 0 Å². The van der Waals surface area contributed by atoms with E-state index in [2.05, 4.69) is 15.5 Å². The first-order valence-electron chi connectivity index (χ1n) is 6.23. The van der Waals surface area contributed by atoms with Gasteiger partial charge in [-0.05, 0) is 31.6 Å². The number of halogens is 1. The first-order valence-corrected chi connectivity index (χ1v) is 6.23. The van der Waals surface area contributed by atoms with Crippen molar-refractivity contribution in [2.24, 2.45) is 0 Å². The molecule has 2 rings (SSSR count). The fourth-order valence-corrected chi connectivity index (χ4v) is 2.02. The summed E-state index contributed by atoms with van der Waals surface area (Å²) in [6, 6.07) is 6.21. The van der Waals surface area contributed by atoms with E-state index in [0.717, 1.165) is 32.6 Å². The molecule has 2 N–H and O–H groups in total. The highest BCUT2D eigenvalue weighted by atomic mass is 19.1. The highest BCUT2D eigenvalue weighted by Gasteiger charge is 2.13. The van der Waals surface area contributed by atoms with Gasteiger partial charge in [0.05, 0.1) is 12.2 Å². The lowest BCUT2D eigenvalue weighted by Gasteiger charge is -2.18. The molecule has 1 saturated heterocycles. The summed E-state index contributed by atoms with van der Waals surface area (Å²) in [7, 11) is 0. The molecule has 1 fully saturated rings. The van der Waals surface area contributed by atoms with Gasteiger partial charge >= 0.3 is 0 Å². The zero-order valence-electron chi connectivity index (χ0n) is 10.3. The monoisotopic (exact) mass is 251 g/mol. The Morgan fingerprint density at radius 3 is 3.00 bits per heavy atom. The van der Waals surface area contributed by atoms with Crippen LogP contribution in [0.3, 0.4) is 0 Å². The number of amides is 1. The van der Waals surface area contributed by atoms with Gasteiger partial charge in [-0.1, -0.05) is 12.1 Å². The Hall–Kier alpha value is -1.46. The second-order valence-corrected chi connectivity index (χ2v) is 4.41. The summed E-state index contributed by atoms with van der Waals surface area (Å²) in [4.78, 5) is 13.9. The molecular weight excluding hydrogens is 233 g/mol. The van der Waals surface area contributed by atoms with Gasteiger partial charge in [0, 0.05) is 13.1 Å². The molecule has 98 valence electrons. The van der Waals surface area contributed by atoms with Crippen molar-refractivity contribution in [1.29, 1.82) is 0 Å². The second-order valence-electron chi connectivity index (χ2n) is 4.41. The van der Waals surface area contributed by atoms with Crippen molar-refractivity contribution in [3.8, 4) is 0 Å². The van der Waals surface area contributed by atoms with Gasteiger partial charge in [0.1, 0.15) is 5.82 Å². The maximum atomic E-state index is 13.4. The standard InChI is InChI=1S/C13H18FN3O/c14-11-4-1-2-5-12(11)16-13(18)10-17-8-3-6-15-7-9-17/h1-2,4-5,15H,3,6-10H2,(H,16,18). The quantitative estimate of drug-likeness (QED) is 0.844. The highest BCUT2D eigenvalue weighted by molar-refractivity contribution is 5.92. The van der Waals surface area contributed by atoms with Crippen molar-refractivity contribution in [3.63, 3.8) is 0 Å². The minimum Gasteiger partial charge on any atom is -0.322 e. The molecule has 0 saturated carbocycles. The summed E-state index contributed by atoms with van der Waals surface area (Å²) >= 11 is 0. The summed E-state index contributed by atoms with van der Waals surface area (Å²) in [6.07, 6.45) is 1.03. The van der Waals surface area contributed by atoms with Crippen LogP contribution in [0, 0.1) is 5.82 Å². The number of para-hydroxylation sites is 1. The Morgan fingerprint density at radius 2 is 2.17 bits per heavy atom. The number of carbonyl (C=O) groups is 1. The molecule has 18 heavy (non-hydrogen) atoms. The van der Waals surface area contributed by atoms with Crippen LogP contribution in [0.1, 0.15) is 6.42 Å². The van der Waals surface area contributed by atoms with E-state index < -0.39 is 5.82 Å². The predicted molar refractivity (Wildman–Crippen MR) is 69.0 cm³/mol. The number of hydrogen-bond donors (Lipinski definition) is 2. The van der Waals surface area contributed by atoms with Crippen LogP contribution in [0.2, 0.25) is 0 Å². The van der Waals surface area contributed by atoms with Crippen molar-refractivity contribution in [2.45, 2.75) is 6.42 Å². The topological polar surface area (TPSA) is 44.4 Å². The van der Waals surface area contributed by atoms with E-state index in [0.29, 0.717) is 6.54 Å². The van der Waals surface area contributed by atoms with Gasteiger partial charge in [-0.3, -0.25) is 9.69 Å². The van der Waals surface area contributed by atoms with E-state index in [9.17, 15) is 9.18 Å². The molecule has 0 bridgehead atoms.